The molecule has 0 aliphatic rings. The van der Waals surface area contributed by atoms with E-state index in [9.17, 15) is 10.1 Å². The fourth-order valence-corrected chi connectivity index (χ4v) is 1.98. The largest absolute Gasteiger partial charge is 0.381 e. The van der Waals surface area contributed by atoms with Crippen LogP contribution in [-0.4, -0.2) is 4.92 Å². The van der Waals surface area contributed by atoms with Gasteiger partial charge in [-0.25, -0.2) is 0 Å². The lowest BCUT2D eigenvalue weighted by molar-refractivity contribution is -0.384. The third-order valence-corrected chi connectivity index (χ3v) is 3.05. The lowest BCUT2D eigenvalue weighted by Crippen LogP contribution is -2.01. The van der Waals surface area contributed by atoms with E-state index in [1.54, 1.807) is 12.1 Å². The molecule has 0 bridgehead atoms. The van der Waals surface area contributed by atoms with Gasteiger partial charge in [-0.1, -0.05) is 23.7 Å². The van der Waals surface area contributed by atoms with E-state index >= 15 is 0 Å². The van der Waals surface area contributed by atoms with Crippen molar-refractivity contribution in [3.8, 4) is 0 Å². The number of nitro benzene ring substituents is 1. The van der Waals surface area contributed by atoms with Gasteiger partial charge < -0.3 is 5.32 Å². The molecule has 0 amide bonds. The summed E-state index contributed by atoms with van der Waals surface area (Å²) >= 11 is 5.89. The third kappa shape index (κ3) is 3.45. The highest BCUT2D eigenvalue weighted by Crippen LogP contribution is 2.20. The Kier molecular flexibility index (Phi) is 4.02. The van der Waals surface area contributed by atoms with Crippen LogP contribution in [-0.2, 0) is 6.54 Å². The van der Waals surface area contributed by atoms with Crippen LogP contribution in [0, 0.1) is 17.0 Å². The van der Waals surface area contributed by atoms with E-state index in [0.29, 0.717) is 11.6 Å². The van der Waals surface area contributed by atoms with Crippen molar-refractivity contribution in [1.29, 1.82) is 0 Å². The van der Waals surface area contributed by atoms with E-state index in [4.69, 9.17) is 11.6 Å². The van der Waals surface area contributed by atoms with Gasteiger partial charge in [-0.2, -0.15) is 0 Å². The van der Waals surface area contributed by atoms with Gasteiger partial charge in [0.05, 0.1) is 4.92 Å². The van der Waals surface area contributed by atoms with E-state index in [0.717, 1.165) is 16.8 Å². The normalized spacial score (nSPS) is 10.2. The predicted molar refractivity (Wildman–Crippen MR) is 76.6 cm³/mol. The molecule has 2 aromatic rings. The van der Waals surface area contributed by atoms with Crippen molar-refractivity contribution >= 4 is 23.0 Å². The number of nitrogens with one attached hydrogen (secondary N) is 1. The molecule has 0 saturated heterocycles. The summed E-state index contributed by atoms with van der Waals surface area (Å²) in [6.45, 7) is 2.59. The minimum atomic E-state index is -0.402. The number of hydrogen-bond acceptors (Lipinski definition) is 3. The van der Waals surface area contributed by atoms with Crippen LogP contribution in [0.5, 0.6) is 0 Å². The van der Waals surface area contributed by atoms with Crippen molar-refractivity contribution < 1.29 is 4.92 Å². The van der Waals surface area contributed by atoms with Crippen molar-refractivity contribution in [2.45, 2.75) is 13.5 Å². The second-order valence-electron chi connectivity index (χ2n) is 4.24. The Hall–Kier alpha value is -2.07. The average molecular weight is 277 g/mol. The standard InChI is InChI=1S/C14H13ClN2O2/c1-10-8-12(15)4-7-14(10)16-9-11-2-5-13(6-3-11)17(18)19/h2-8,16H,9H2,1H3. The zero-order chi connectivity index (χ0) is 13.8. The number of hydrogen-bond donors (Lipinski definition) is 1. The van der Waals surface area contributed by atoms with Crippen LogP contribution < -0.4 is 5.32 Å². The van der Waals surface area contributed by atoms with Crippen molar-refractivity contribution in [3.63, 3.8) is 0 Å². The molecule has 1 N–H and O–H groups in total. The molecule has 2 aromatic carbocycles. The summed E-state index contributed by atoms with van der Waals surface area (Å²) in [6, 6.07) is 12.1. The van der Waals surface area contributed by atoms with E-state index < -0.39 is 4.92 Å². The molecule has 98 valence electrons. The van der Waals surface area contributed by atoms with Gasteiger partial charge in [-0.05, 0) is 36.2 Å². The molecule has 0 spiro atoms. The third-order valence-electron chi connectivity index (χ3n) is 2.82. The SMILES string of the molecule is Cc1cc(Cl)ccc1NCc1ccc([N+](=O)[O-])cc1. The van der Waals surface area contributed by atoms with E-state index in [1.165, 1.54) is 12.1 Å². The van der Waals surface area contributed by atoms with Crippen LogP contribution in [0.15, 0.2) is 42.5 Å². The summed E-state index contributed by atoms with van der Waals surface area (Å²) in [6.07, 6.45) is 0. The van der Waals surface area contributed by atoms with Gasteiger partial charge in [-0.3, -0.25) is 10.1 Å². The Balaban J connectivity index is 2.04. The Morgan fingerprint density at radius 2 is 1.89 bits per heavy atom. The van der Waals surface area contributed by atoms with Crippen molar-refractivity contribution in [1.82, 2.24) is 0 Å². The number of rotatable bonds is 4. The lowest BCUT2D eigenvalue weighted by Gasteiger charge is -2.09. The lowest BCUT2D eigenvalue weighted by atomic mass is 10.1. The first-order valence-corrected chi connectivity index (χ1v) is 6.17. The maximum absolute atomic E-state index is 10.5. The summed E-state index contributed by atoms with van der Waals surface area (Å²) < 4.78 is 0. The molecule has 0 fully saturated rings. The van der Waals surface area contributed by atoms with Gasteiger partial charge in [-0.15, -0.1) is 0 Å². The first-order valence-electron chi connectivity index (χ1n) is 5.79. The Labute approximate surface area is 116 Å². The molecule has 19 heavy (non-hydrogen) atoms. The van der Waals surface area contributed by atoms with Crippen LogP contribution in [0.25, 0.3) is 0 Å². The van der Waals surface area contributed by atoms with Crippen molar-refractivity contribution in [3.05, 3.63) is 68.7 Å². The fourth-order valence-electron chi connectivity index (χ4n) is 1.76. The zero-order valence-electron chi connectivity index (χ0n) is 10.4. The summed E-state index contributed by atoms with van der Waals surface area (Å²) in [4.78, 5) is 10.1. The van der Waals surface area contributed by atoms with Gasteiger partial charge >= 0.3 is 0 Å². The summed E-state index contributed by atoms with van der Waals surface area (Å²) in [5.74, 6) is 0. The summed E-state index contributed by atoms with van der Waals surface area (Å²) in [5.41, 5.74) is 3.16. The van der Waals surface area contributed by atoms with Crippen molar-refractivity contribution in [2.24, 2.45) is 0 Å². The molecule has 0 saturated carbocycles. The molecule has 0 aliphatic carbocycles. The first kappa shape index (κ1) is 13.4. The number of non-ortho nitro benzene ring substituents is 1. The zero-order valence-corrected chi connectivity index (χ0v) is 11.1. The van der Waals surface area contributed by atoms with E-state index in [1.807, 2.05) is 25.1 Å². The van der Waals surface area contributed by atoms with Crippen LogP contribution in [0.2, 0.25) is 5.02 Å². The van der Waals surface area contributed by atoms with Gasteiger partial charge in [0.25, 0.3) is 5.69 Å². The molecule has 0 heterocycles. The van der Waals surface area contributed by atoms with Crippen LogP contribution in [0.1, 0.15) is 11.1 Å². The quantitative estimate of drug-likeness (QED) is 0.673. The maximum Gasteiger partial charge on any atom is 0.269 e. The van der Waals surface area contributed by atoms with Gasteiger partial charge in [0.15, 0.2) is 0 Å². The molecule has 0 aliphatic heterocycles. The fraction of sp³-hybridized carbons (Fsp3) is 0.143. The van der Waals surface area contributed by atoms with Crippen LogP contribution >= 0.6 is 11.6 Å². The van der Waals surface area contributed by atoms with Crippen LogP contribution in [0.3, 0.4) is 0 Å². The summed E-state index contributed by atoms with van der Waals surface area (Å²) in [5, 5.41) is 14.5. The predicted octanol–water partition coefficient (Wildman–Crippen LogP) is 4.17. The Morgan fingerprint density at radius 3 is 2.47 bits per heavy atom. The number of aryl methyl sites for hydroxylation is 1. The van der Waals surface area contributed by atoms with Gasteiger partial charge in [0.2, 0.25) is 0 Å². The molecule has 4 nitrogen and oxygen atoms in total. The van der Waals surface area contributed by atoms with Gasteiger partial charge in [0, 0.05) is 29.4 Å². The molecule has 0 atom stereocenters. The number of anilines is 1. The van der Waals surface area contributed by atoms with E-state index in [2.05, 4.69) is 5.32 Å². The average Bonchev–Trinajstić information content (AvgIpc) is 2.38. The monoisotopic (exact) mass is 276 g/mol. The highest BCUT2D eigenvalue weighted by atomic mass is 35.5. The van der Waals surface area contributed by atoms with Gasteiger partial charge in [0.1, 0.15) is 0 Å². The van der Waals surface area contributed by atoms with Crippen molar-refractivity contribution in [2.75, 3.05) is 5.32 Å². The number of nitro groups is 1. The smallest absolute Gasteiger partial charge is 0.269 e. The second-order valence-corrected chi connectivity index (χ2v) is 4.67. The minimum absolute atomic E-state index is 0.103. The summed E-state index contributed by atoms with van der Waals surface area (Å²) in [7, 11) is 0. The maximum atomic E-state index is 10.5. The number of nitrogens with zero attached hydrogens (tertiary/aromatic N) is 1. The number of benzene rings is 2. The first-order chi connectivity index (χ1) is 9.06. The molecule has 5 heteroatoms. The Morgan fingerprint density at radius 1 is 1.21 bits per heavy atom. The molecular formula is C14H13ClN2O2. The molecule has 0 unspecified atom stereocenters. The number of halogens is 1. The highest BCUT2D eigenvalue weighted by Gasteiger charge is 2.04. The van der Waals surface area contributed by atoms with Crippen LogP contribution in [0.4, 0.5) is 11.4 Å². The topological polar surface area (TPSA) is 55.2 Å². The highest BCUT2D eigenvalue weighted by molar-refractivity contribution is 6.30. The molecule has 0 radical (unpaired) electrons. The molecular weight excluding hydrogens is 264 g/mol. The Bertz CT molecular complexity index is 597. The molecule has 2 rings (SSSR count). The molecule has 0 aromatic heterocycles. The van der Waals surface area contributed by atoms with E-state index in [-0.39, 0.29) is 5.69 Å². The minimum Gasteiger partial charge on any atom is -0.381 e. The second kappa shape index (κ2) is 5.71.